The highest BCUT2D eigenvalue weighted by Gasteiger charge is 2.36. The zero-order valence-electron chi connectivity index (χ0n) is 19.7. The minimum atomic E-state index is -3.21. The molecule has 2 aliphatic carbocycles. The summed E-state index contributed by atoms with van der Waals surface area (Å²) < 4.78 is 41.5. The molecule has 2 heterocycles. The summed E-state index contributed by atoms with van der Waals surface area (Å²) in [5.41, 5.74) is 3.22. The second-order valence-corrected chi connectivity index (χ2v) is 12.0. The smallest absolute Gasteiger partial charge is 0.267 e. The molecule has 0 spiro atoms. The first-order chi connectivity index (χ1) is 16.8. The number of fused-ring (bicyclic) bond motifs is 1. The second-order valence-electron chi connectivity index (χ2n) is 9.98. The maximum Gasteiger partial charge on any atom is 0.267 e. The second kappa shape index (κ2) is 9.81. The highest BCUT2D eigenvalue weighted by Crippen LogP contribution is 2.28. The zero-order chi connectivity index (χ0) is 24.6. The van der Waals surface area contributed by atoms with Crippen LogP contribution in [0.5, 0.6) is 0 Å². The molecule has 2 aromatic rings. The van der Waals surface area contributed by atoms with Crippen LogP contribution in [0.2, 0.25) is 0 Å². The molecule has 0 radical (unpaired) electrons. The number of H-pyrrole nitrogens is 1. The summed E-state index contributed by atoms with van der Waals surface area (Å²) in [5.74, 6) is -0.742. The number of rotatable bonds is 7. The molecule has 3 aliphatic rings. The molecule has 0 atom stereocenters. The van der Waals surface area contributed by atoms with Gasteiger partial charge < -0.3 is 4.90 Å². The standard InChI is InChI=1S/C25H31FN4O4S/c26-22-8-5-17(14-23-19-3-1-2-4-20(19)24(31)29-28-23)13-21(22)25(32)30-11-9-16(10-12-30)15-27-35(33,34)18-6-7-18/h5,8,13,16,18,27H,1-4,6-7,9-12,14-15H2,(H,29,31). The van der Waals surface area contributed by atoms with Crippen molar-refractivity contribution in [3.05, 3.63) is 62.3 Å². The van der Waals surface area contributed by atoms with Crippen LogP contribution in [-0.4, -0.2) is 54.3 Å². The van der Waals surface area contributed by atoms with Crippen molar-refractivity contribution in [3.63, 3.8) is 0 Å². The average Bonchev–Trinajstić information content (AvgIpc) is 3.72. The predicted octanol–water partition coefficient (Wildman–Crippen LogP) is 2.31. The van der Waals surface area contributed by atoms with Gasteiger partial charge in [-0.25, -0.2) is 22.6 Å². The molecule has 1 aromatic heterocycles. The first-order valence-corrected chi connectivity index (χ1v) is 14.0. The molecule has 2 N–H and O–H groups in total. The van der Waals surface area contributed by atoms with E-state index < -0.39 is 15.8 Å². The molecule has 10 heteroatoms. The van der Waals surface area contributed by atoms with Crippen LogP contribution in [0.3, 0.4) is 0 Å². The van der Waals surface area contributed by atoms with Crippen molar-refractivity contribution in [1.82, 2.24) is 19.8 Å². The third kappa shape index (κ3) is 5.33. The summed E-state index contributed by atoms with van der Waals surface area (Å²) >= 11 is 0. The quantitative estimate of drug-likeness (QED) is 0.604. The van der Waals surface area contributed by atoms with E-state index in [1.807, 2.05) is 0 Å². The number of aromatic nitrogens is 2. The lowest BCUT2D eigenvalue weighted by molar-refractivity contribution is 0.0687. The van der Waals surface area contributed by atoms with E-state index >= 15 is 0 Å². The van der Waals surface area contributed by atoms with Gasteiger partial charge in [0.25, 0.3) is 11.5 Å². The van der Waals surface area contributed by atoms with Gasteiger partial charge in [0, 0.05) is 31.6 Å². The third-order valence-electron chi connectivity index (χ3n) is 7.45. The van der Waals surface area contributed by atoms with Crippen LogP contribution in [0.4, 0.5) is 4.39 Å². The summed E-state index contributed by atoms with van der Waals surface area (Å²) in [6, 6.07) is 4.57. The van der Waals surface area contributed by atoms with Gasteiger partial charge in [-0.05, 0) is 80.5 Å². The van der Waals surface area contributed by atoms with E-state index in [1.165, 1.54) is 6.07 Å². The monoisotopic (exact) mass is 502 g/mol. The van der Waals surface area contributed by atoms with E-state index in [2.05, 4.69) is 14.9 Å². The Bertz CT molecular complexity index is 1280. The van der Waals surface area contributed by atoms with Crippen molar-refractivity contribution in [2.75, 3.05) is 19.6 Å². The summed E-state index contributed by atoms with van der Waals surface area (Å²) in [4.78, 5) is 26.9. The van der Waals surface area contributed by atoms with Crippen LogP contribution < -0.4 is 10.3 Å². The summed E-state index contributed by atoms with van der Waals surface area (Å²) in [5, 5.41) is 6.60. The van der Waals surface area contributed by atoms with Crippen LogP contribution in [-0.2, 0) is 29.3 Å². The maximum atomic E-state index is 14.7. The Labute approximate surface area is 204 Å². The van der Waals surface area contributed by atoms with E-state index in [4.69, 9.17) is 0 Å². The predicted molar refractivity (Wildman–Crippen MR) is 129 cm³/mol. The SMILES string of the molecule is O=C(c1cc(Cc2n[nH]c(=O)c3c2CCCC3)ccc1F)N1CCC(CNS(=O)(=O)C2CC2)CC1. The highest BCUT2D eigenvalue weighted by molar-refractivity contribution is 7.90. The van der Waals surface area contributed by atoms with Gasteiger partial charge in [-0.15, -0.1) is 0 Å². The average molecular weight is 503 g/mol. The largest absolute Gasteiger partial charge is 0.339 e. The Morgan fingerprint density at radius 2 is 1.83 bits per heavy atom. The Kier molecular flexibility index (Phi) is 6.76. The van der Waals surface area contributed by atoms with Crippen LogP contribution in [0.25, 0.3) is 0 Å². The van der Waals surface area contributed by atoms with Crippen molar-refractivity contribution < 1.29 is 17.6 Å². The number of amides is 1. The molecule has 1 aliphatic heterocycles. The van der Waals surface area contributed by atoms with Gasteiger partial charge in [0.1, 0.15) is 5.82 Å². The Morgan fingerprint density at radius 3 is 2.54 bits per heavy atom. The molecule has 8 nitrogen and oxygen atoms in total. The normalized spacial score (nSPS) is 18.9. The fourth-order valence-electron chi connectivity index (χ4n) is 5.15. The number of hydrogen-bond acceptors (Lipinski definition) is 5. The van der Waals surface area contributed by atoms with Crippen LogP contribution >= 0.6 is 0 Å². The molecule has 2 fully saturated rings. The number of sulfonamides is 1. The van der Waals surface area contributed by atoms with E-state index in [-0.39, 0.29) is 28.2 Å². The molecular weight excluding hydrogens is 471 g/mol. The van der Waals surface area contributed by atoms with Gasteiger partial charge in [-0.1, -0.05) is 6.07 Å². The lowest BCUT2D eigenvalue weighted by Crippen LogP contribution is -2.42. The number of aromatic amines is 1. The van der Waals surface area contributed by atoms with Gasteiger partial charge in [-0.2, -0.15) is 5.10 Å². The molecule has 1 aromatic carbocycles. The molecule has 5 rings (SSSR count). The number of benzene rings is 1. The Morgan fingerprint density at radius 1 is 1.11 bits per heavy atom. The molecule has 188 valence electrons. The maximum absolute atomic E-state index is 14.7. The summed E-state index contributed by atoms with van der Waals surface area (Å²) in [6.45, 7) is 1.32. The van der Waals surface area contributed by atoms with Crippen molar-refractivity contribution in [3.8, 4) is 0 Å². The molecule has 1 saturated heterocycles. The topological polar surface area (TPSA) is 112 Å². The molecule has 0 bridgehead atoms. The van der Waals surface area contributed by atoms with E-state index in [0.29, 0.717) is 38.9 Å². The van der Waals surface area contributed by atoms with E-state index in [1.54, 1.807) is 17.0 Å². The Hall–Kier alpha value is -2.59. The summed E-state index contributed by atoms with van der Waals surface area (Å²) in [6.07, 6.45) is 6.77. The molecule has 1 saturated carbocycles. The molecule has 35 heavy (non-hydrogen) atoms. The number of piperidine rings is 1. The first-order valence-electron chi connectivity index (χ1n) is 12.5. The fraction of sp³-hybridized carbons (Fsp3) is 0.560. The van der Waals surface area contributed by atoms with Gasteiger partial charge in [0.2, 0.25) is 10.0 Å². The third-order valence-corrected chi connectivity index (χ3v) is 9.37. The van der Waals surface area contributed by atoms with Gasteiger partial charge >= 0.3 is 0 Å². The lowest BCUT2D eigenvalue weighted by atomic mass is 9.90. The highest BCUT2D eigenvalue weighted by atomic mass is 32.2. The van der Waals surface area contributed by atoms with Crippen molar-refractivity contribution in [2.45, 2.75) is 63.0 Å². The summed E-state index contributed by atoms with van der Waals surface area (Å²) in [7, 11) is -3.21. The minimum Gasteiger partial charge on any atom is -0.339 e. The lowest BCUT2D eigenvalue weighted by Gasteiger charge is -2.32. The number of carbonyl (C=O) groups is 1. The van der Waals surface area contributed by atoms with Crippen LogP contribution in [0, 0.1) is 11.7 Å². The molecular formula is C25H31FN4O4S. The van der Waals surface area contributed by atoms with E-state index in [0.717, 1.165) is 60.9 Å². The van der Waals surface area contributed by atoms with Crippen molar-refractivity contribution in [1.29, 1.82) is 0 Å². The number of nitrogens with one attached hydrogen (secondary N) is 2. The van der Waals surface area contributed by atoms with Crippen LogP contribution in [0.1, 0.15) is 71.3 Å². The number of hydrogen-bond donors (Lipinski definition) is 2. The number of likely N-dealkylation sites (tertiary alicyclic amines) is 1. The van der Waals surface area contributed by atoms with Gasteiger partial charge in [-0.3, -0.25) is 9.59 Å². The number of halogens is 1. The number of carbonyl (C=O) groups excluding carboxylic acids is 1. The molecule has 0 unspecified atom stereocenters. The van der Waals surface area contributed by atoms with Crippen molar-refractivity contribution in [2.24, 2.45) is 5.92 Å². The fourth-order valence-corrected chi connectivity index (χ4v) is 6.61. The first kappa shape index (κ1) is 24.1. The minimum absolute atomic E-state index is 0.0358. The Balaban J connectivity index is 1.24. The van der Waals surface area contributed by atoms with Crippen molar-refractivity contribution >= 4 is 15.9 Å². The number of nitrogens with zero attached hydrogens (tertiary/aromatic N) is 2. The zero-order valence-corrected chi connectivity index (χ0v) is 20.5. The van der Waals surface area contributed by atoms with E-state index in [9.17, 15) is 22.4 Å². The van der Waals surface area contributed by atoms with Crippen LogP contribution in [0.15, 0.2) is 23.0 Å². The van der Waals surface area contributed by atoms with Gasteiger partial charge in [0.05, 0.1) is 16.5 Å². The van der Waals surface area contributed by atoms with Gasteiger partial charge in [0.15, 0.2) is 0 Å². The molecule has 1 amide bonds.